The lowest BCUT2D eigenvalue weighted by atomic mass is 9.77. The van der Waals surface area contributed by atoms with E-state index in [1.807, 2.05) is 46.2 Å². The monoisotopic (exact) mass is 512 g/mol. The Morgan fingerprint density at radius 3 is 2.28 bits per heavy atom. The van der Waals surface area contributed by atoms with Gasteiger partial charge in [-0.2, -0.15) is 0 Å². The number of hydrogen-bond donors (Lipinski definition) is 0. The van der Waals surface area contributed by atoms with Crippen molar-refractivity contribution in [3.63, 3.8) is 0 Å². The first-order chi connectivity index (χ1) is 17.2. The molecule has 2 aliphatic heterocycles. The number of morpholine rings is 1. The minimum Gasteiger partial charge on any atom is -0.493 e. The fourth-order valence-corrected chi connectivity index (χ4v) is 5.13. The van der Waals surface area contributed by atoms with E-state index in [-0.39, 0.29) is 17.2 Å². The van der Waals surface area contributed by atoms with E-state index in [4.69, 9.17) is 21.1 Å². The third-order valence-corrected chi connectivity index (χ3v) is 7.45. The Morgan fingerprint density at radius 1 is 0.972 bits per heavy atom. The van der Waals surface area contributed by atoms with Crippen molar-refractivity contribution in [1.82, 2.24) is 9.80 Å². The summed E-state index contributed by atoms with van der Waals surface area (Å²) in [5.74, 6) is 0.811. The summed E-state index contributed by atoms with van der Waals surface area (Å²) in [6.07, 6.45) is 1.99. The number of hydrogen-bond acceptors (Lipinski definition) is 4. The molecule has 2 aliphatic rings. The number of likely N-dealkylation sites (tertiary alicyclic amines) is 1. The first kappa shape index (κ1) is 26.5. The molecule has 0 spiro atoms. The van der Waals surface area contributed by atoms with Crippen LogP contribution in [-0.2, 0) is 14.9 Å². The van der Waals surface area contributed by atoms with E-state index in [1.54, 1.807) is 12.1 Å². The third-order valence-electron chi connectivity index (χ3n) is 7.20. The standard InChI is InChI=1S/C29H37ClN2O4/c1-28(2,3)23-7-5-22(6-8-23)27(34)32-14-4-13-29(20-32,19-26(33)31-15-17-35-18-16-31)21-36-25-11-9-24(30)10-12-25/h5-12H,4,13-21H2,1-3H3. The van der Waals surface area contributed by atoms with Crippen molar-refractivity contribution < 1.29 is 19.1 Å². The molecule has 2 heterocycles. The molecule has 4 rings (SSSR count). The second kappa shape index (κ2) is 11.2. The Balaban J connectivity index is 1.52. The number of rotatable bonds is 6. The van der Waals surface area contributed by atoms with Crippen molar-refractivity contribution in [3.05, 3.63) is 64.7 Å². The van der Waals surface area contributed by atoms with Gasteiger partial charge in [-0.15, -0.1) is 0 Å². The predicted octanol–water partition coefficient (Wildman–Crippen LogP) is 5.19. The molecular weight excluding hydrogens is 476 g/mol. The molecule has 2 fully saturated rings. The zero-order chi connectivity index (χ0) is 25.8. The highest BCUT2D eigenvalue weighted by molar-refractivity contribution is 6.30. The average molecular weight is 513 g/mol. The minimum absolute atomic E-state index is 0.00449. The minimum atomic E-state index is -0.464. The van der Waals surface area contributed by atoms with Gasteiger partial charge in [-0.25, -0.2) is 0 Å². The first-order valence-electron chi connectivity index (χ1n) is 12.8. The number of benzene rings is 2. The van der Waals surface area contributed by atoms with Gasteiger partial charge < -0.3 is 19.3 Å². The largest absolute Gasteiger partial charge is 0.493 e. The average Bonchev–Trinajstić information content (AvgIpc) is 2.88. The summed E-state index contributed by atoms with van der Waals surface area (Å²) in [7, 11) is 0. The quantitative estimate of drug-likeness (QED) is 0.534. The van der Waals surface area contributed by atoms with Gasteiger partial charge in [0.1, 0.15) is 5.75 Å². The normalized spacial score (nSPS) is 20.8. The van der Waals surface area contributed by atoms with Gasteiger partial charge in [0, 0.05) is 48.6 Å². The summed E-state index contributed by atoms with van der Waals surface area (Å²) in [4.78, 5) is 30.6. The fourth-order valence-electron chi connectivity index (χ4n) is 5.00. The number of nitrogens with zero attached hydrogens (tertiary/aromatic N) is 2. The maximum atomic E-state index is 13.5. The second-order valence-electron chi connectivity index (χ2n) is 11.1. The first-order valence-corrected chi connectivity index (χ1v) is 13.2. The van der Waals surface area contributed by atoms with E-state index in [2.05, 4.69) is 20.8 Å². The second-order valence-corrected chi connectivity index (χ2v) is 11.5. The fraction of sp³-hybridized carbons (Fsp3) is 0.517. The summed E-state index contributed by atoms with van der Waals surface area (Å²) in [6, 6.07) is 15.2. The summed E-state index contributed by atoms with van der Waals surface area (Å²) in [5, 5.41) is 0.645. The molecule has 7 heteroatoms. The van der Waals surface area contributed by atoms with Gasteiger partial charge >= 0.3 is 0 Å². The molecule has 36 heavy (non-hydrogen) atoms. The van der Waals surface area contributed by atoms with Gasteiger partial charge in [0.05, 0.1) is 19.8 Å². The van der Waals surface area contributed by atoms with E-state index in [1.165, 1.54) is 5.56 Å². The number of carbonyl (C=O) groups excluding carboxylic acids is 2. The maximum Gasteiger partial charge on any atom is 0.253 e. The topological polar surface area (TPSA) is 59.1 Å². The third kappa shape index (κ3) is 6.60. The molecular formula is C29H37ClN2O4. The summed E-state index contributed by atoms with van der Waals surface area (Å²) in [6.45, 7) is 10.3. The number of halogens is 1. The number of ether oxygens (including phenoxy) is 2. The van der Waals surface area contributed by atoms with Crippen molar-refractivity contribution in [2.75, 3.05) is 46.0 Å². The lowest BCUT2D eigenvalue weighted by Gasteiger charge is -2.43. The van der Waals surface area contributed by atoms with Crippen LogP contribution in [0.4, 0.5) is 0 Å². The van der Waals surface area contributed by atoms with E-state index in [9.17, 15) is 9.59 Å². The van der Waals surface area contributed by atoms with E-state index in [0.29, 0.717) is 68.8 Å². The molecule has 1 unspecified atom stereocenters. The highest BCUT2D eigenvalue weighted by Gasteiger charge is 2.41. The van der Waals surface area contributed by atoms with Crippen molar-refractivity contribution in [2.24, 2.45) is 5.41 Å². The lowest BCUT2D eigenvalue weighted by Crippen LogP contribution is -2.52. The molecule has 0 bridgehead atoms. The zero-order valence-corrected chi connectivity index (χ0v) is 22.4. The number of piperidine rings is 1. The Kier molecular flexibility index (Phi) is 8.26. The van der Waals surface area contributed by atoms with Crippen LogP contribution in [0.15, 0.2) is 48.5 Å². The van der Waals surface area contributed by atoms with Crippen LogP contribution in [0.25, 0.3) is 0 Å². The Bertz CT molecular complexity index is 1040. The molecule has 0 aromatic heterocycles. The smallest absolute Gasteiger partial charge is 0.253 e. The van der Waals surface area contributed by atoms with Gasteiger partial charge in [-0.3, -0.25) is 9.59 Å². The molecule has 2 aromatic rings. The molecule has 2 aromatic carbocycles. The van der Waals surface area contributed by atoms with Gasteiger partial charge in [0.2, 0.25) is 5.91 Å². The van der Waals surface area contributed by atoms with E-state index >= 15 is 0 Å². The molecule has 2 amide bonds. The molecule has 1 atom stereocenters. The number of amides is 2. The predicted molar refractivity (Wildman–Crippen MR) is 142 cm³/mol. The van der Waals surface area contributed by atoms with Crippen LogP contribution in [0.3, 0.4) is 0 Å². The van der Waals surface area contributed by atoms with Crippen LogP contribution in [0.2, 0.25) is 5.02 Å². The SMILES string of the molecule is CC(C)(C)c1ccc(C(=O)N2CCCC(COc3ccc(Cl)cc3)(CC(=O)N3CCOCC3)C2)cc1. The van der Waals surface area contributed by atoms with Gasteiger partial charge in [0.25, 0.3) is 5.91 Å². The Hall–Kier alpha value is -2.57. The summed E-state index contributed by atoms with van der Waals surface area (Å²) < 4.78 is 11.6. The van der Waals surface area contributed by atoms with Crippen molar-refractivity contribution in [3.8, 4) is 5.75 Å². The van der Waals surface area contributed by atoms with Gasteiger partial charge in [0.15, 0.2) is 0 Å². The van der Waals surface area contributed by atoms with Crippen LogP contribution < -0.4 is 4.74 Å². The molecule has 0 radical (unpaired) electrons. The summed E-state index contributed by atoms with van der Waals surface area (Å²) in [5.41, 5.74) is 1.44. The highest BCUT2D eigenvalue weighted by Crippen LogP contribution is 2.36. The van der Waals surface area contributed by atoms with E-state index in [0.717, 1.165) is 12.8 Å². The summed E-state index contributed by atoms with van der Waals surface area (Å²) >= 11 is 6.03. The molecule has 0 saturated carbocycles. The van der Waals surface area contributed by atoms with E-state index < -0.39 is 5.41 Å². The van der Waals surface area contributed by atoms with Crippen molar-refractivity contribution in [2.45, 2.75) is 45.4 Å². The maximum absolute atomic E-state index is 13.5. The molecule has 0 aliphatic carbocycles. The van der Waals surface area contributed by atoms with Crippen LogP contribution in [-0.4, -0.2) is 67.6 Å². The molecule has 2 saturated heterocycles. The zero-order valence-electron chi connectivity index (χ0n) is 21.6. The molecule has 6 nitrogen and oxygen atoms in total. The highest BCUT2D eigenvalue weighted by atomic mass is 35.5. The lowest BCUT2D eigenvalue weighted by molar-refractivity contribution is -0.139. The van der Waals surface area contributed by atoms with Crippen LogP contribution >= 0.6 is 11.6 Å². The Morgan fingerprint density at radius 2 is 1.64 bits per heavy atom. The van der Waals surface area contributed by atoms with Crippen LogP contribution in [0.5, 0.6) is 5.75 Å². The van der Waals surface area contributed by atoms with Gasteiger partial charge in [-0.05, 0) is 60.2 Å². The number of carbonyl (C=O) groups is 2. The molecule has 0 N–H and O–H groups in total. The van der Waals surface area contributed by atoms with Crippen molar-refractivity contribution >= 4 is 23.4 Å². The Labute approximate surface area is 219 Å². The van der Waals surface area contributed by atoms with Crippen LogP contribution in [0.1, 0.15) is 56.0 Å². The van der Waals surface area contributed by atoms with Gasteiger partial charge in [-0.1, -0.05) is 44.5 Å². The van der Waals surface area contributed by atoms with Crippen LogP contribution in [0, 0.1) is 5.41 Å². The van der Waals surface area contributed by atoms with Crippen molar-refractivity contribution in [1.29, 1.82) is 0 Å². The molecule has 194 valence electrons.